The van der Waals surface area contributed by atoms with Gasteiger partial charge < -0.3 is 43.0 Å². The number of esters is 7. The predicted molar refractivity (Wildman–Crippen MR) is 329 cm³/mol. The first-order valence-corrected chi connectivity index (χ1v) is 31.8. The van der Waals surface area contributed by atoms with Gasteiger partial charge in [-0.1, -0.05) is 104 Å². The molecule has 8 aromatic rings. The lowest BCUT2D eigenvalue weighted by atomic mass is 9.89. The van der Waals surface area contributed by atoms with Crippen LogP contribution in [0.5, 0.6) is 0 Å². The minimum absolute atomic E-state index is 0. The Balaban J connectivity index is 0.000000232. The normalized spacial score (nSPS) is 22.2. The minimum Gasteiger partial charge on any atom is -0.459 e. The average molecular weight is 1330 g/mol. The third-order valence-electron chi connectivity index (χ3n) is 13.6. The fourth-order valence-electron chi connectivity index (χ4n) is 9.41. The number of rotatable bonds is 17. The molecule has 30 heteroatoms. The first-order chi connectivity index (χ1) is 42.9. The van der Waals surface area contributed by atoms with E-state index in [0.29, 0.717) is 20.4 Å². The molecule has 24 nitrogen and oxygen atoms in total. The number of benzene rings is 4. The van der Waals surface area contributed by atoms with Gasteiger partial charge in [-0.15, -0.1) is 33.7 Å². The zero-order valence-electron chi connectivity index (χ0n) is 49.5. The second-order valence-corrected chi connectivity index (χ2v) is 22.8. The predicted octanol–water partition coefficient (Wildman–Crippen LogP) is 9.15. The van der Waals surface area contributed by atoms with Gasteiger partial charge in [-0.25, -0.2) is 56.9 Å². The maximum atomic E-state index is 17.5. The van der Waals surface area contributed by atoms with Gasteiger partial charge in [0.15, 0.2) is 23.5 Å². The molecule has 4 aromatic carbocycles. The molecule has 0 amide bonds. The molecule has 91 heavy (non-hydrogen) atoms. The molecule has 2 unspecified atom stereocenters. The van der Waals surface area contributed by atoms with Gasteiger partial charge in [0.2, 0.25) is 21.7 Å². The van der Waals surface area contributed by atoms with E-state index in [1.807, 2.05) is 0 Å². The number of hydrogen-bond donors (Lipinski definition) is 1. The summed E-state index contributed by atoms with van der Waals surface area (Å²) in [6.07, 6.45) is 3.46. The van der Waals surface area contributed by atoms with Crippen LogP contribution in [0.1, 0.15) is 94.9 Å². The van der Waals surface area contributed by atoms with E-state index in [1.165, 1.54) is 107 Å². The highest BCUT2D eigenvalue weighted by Crippen LogP contribution is 2.53. The first kappa shape index (κ1) is 70.1. The number of nitrogens with zero attached hydrogens (tertiary/aromatic N) is 8. The van der Waals surface area contributed by atoms with E-state index < -0.39 is 102 Å². The zero-order chi connectivity index (χ0) is 65.1. The Bertz CT molecular complexity index is 3900. The van der Waals surface area contributed by atoms with Gasteiger partial charge in [-0.2, -0.15) is 0 Å². The van der Waals surface area contributed by atoms with Crippen LogP contribution >= 0.6 is 47.0 Å². The molecule has 0 bridgehead atoms. The number of fused-ring (bicyclic) bond motifs is 2. The summed E-state index contributed by atoms with van der Waals surface area (Å²) in [5.41, 5.74) is -4.32. The van der Waals surface area contributed by atoms with E-state index in [9.17, 15) is 38.7 Å². The molecule has 0 saturated carbocycles. The number of aromatic nitrogens is 8. The van der Waals surface area contributed by atoms with Crippen molar-refractivity contribution in [2.45, 2.75) is 110 Å². The Morgan fingerprint density at radius 1 is 0.527 bits per heavy atom. The van der Waals surface area contributed by atoms with Crippen LogP contribution < -0.4 is 0 Å². The monoisotopic (exact) mass is 1330 g/mol. The van der Waals surface area contributed by atoms with Gasteiger partial charge in [0.1, 0.15) is 46.9 Å². The molecule has 2 aliphatic heterocycles. The van der Waals surface area contributed by atoms with Gasteiger partial charge in [-0.05, 0) is 87.4 Å². The average Bonchev–Trinajstić information content (AvgIpc) is 1.57. The number of thioether (sulfide) groups is 4. The number of imidazole rings is 2. The maximum absolute atomic E-state index is 17.5. The quantitative estimate of drug-likeness (QED) is 0.0384. The van der Waals surface area contributed by atoms with Gasteiger partial charge >= 0.3 is 41.8 Å². The van der Waals surface area contributed by atoms with E-state index in [1.54, 1.807) is 122 Å². The van der Waals surface area contributed by atoms with Crippen molar-refractivity contribution < 1.29 is 85.3 Å². The SMILES string of the molecule is C.CC(=O)OC(C)=O.CSc1nc(SC)c2ncc(C3(O)O[C@H](COC(=O)c4ccccc4)[C@@H](OC(=O)c4ccccc4)[C@@]3(C)F)n2n1.CSc1nc(SC)c2ncc(C3(OC(C)=O)O[C@H](COC(=O)c4ccccc4)[C@@H](OC(=O)c4ccccc4)[C@@]3(C)F)n2n1. The second kappa shape index (κ2) is 30.2. The second-order valence-electron chi connectivity index (χ2n) is 19.7. The summed E-state index contributed by atoms with van der Waals surface area (Å²) in [5.74, 6) is -10.3. The van der Waals surface area contributed by atoms with Crippen LogP contribution in [-0.2, 0) is 63.9 Å². The van der Waals surface area contributed by atoms with Crippen molar-refractivity contribution in [3.8, 4) is 0 Å². The van der Waals surface area contributed by atoms with E-state index in [-0.39, 0.29) is 52.4 Å². The van der Waals surface area contributed by atoms with Gasteiger partial charge in [-0.3, -0.25) is 14.4 Å². The summed E-state index contributed by atoms with van der Waals surface area (Å²) >= 11 is 5.10. The number of aliphatic hydroxyl groups is 1. The zero-order valence-corrected chi connectivity index (χ0v) is 52.7. The molecule has 2 aliphatic rings. The Kier molecular flexibility index (Phi) is 23.2. The van der Waals surface area contributed by atoms with Crippen molar-refractivity contribution in [1.82, 2.24) is 39.2 Å². The molecule has 480 valence electrons. The topological polar surface area (TPSA) is 300 Å². The summed E-state index contributed by atoms with van der Waals surface area (Å²) in [5, 5.41) is 22.4. The van der Waals surface area contributed by atoms with Crippen LogP contribution in [0.4, 0.5) is 8.78 Å². The lowest BCUT2D eigenvalue weighted by molar-refractivity contribution is -0.271. The number of carbonyl (C=O) groups is 7. The summed E-state index contributed by atoms with van der Waals surface area (Å²) in [7, 11) is 0. The standard InChI is InChI=1S/C29H27FN4O7S2.C27H25FN4O6S2.C4H6O3.CH4/c1-17(35)40-29(21-15-31-23-24(42-3)32-27(43-4)33-34(21)23)28(2,30)22(39-26(37)19-13-9-6-10-14-19)20(41-29)16-38-25(36)18-11-7-5-8-12-18;1-26(28)20(37-24(34)17-12-8-5-9-13-17)18(15-36-23(33)16-10-6-4-7-11-16)38-27(26,35)19-14-29-21-22(39-2)30-25(40-3)31-32(19)21;1-3(5)7-4(2)6;/h5-15,20,22H,16H2,1-4H3;4-14,18,20,35H,15H2,1-3H3;1-2H3;1H4/t20-,22-,28-,29?;18-,20-,26-,27?;;/m11../s1. The van der Waals surface area contributed by atoms with Crippen LogP contribution in [0, 0.1) is 0 Å². The number of ether oxygens (including phenoxy) is 8. The van der Waals surface area contributed by atoms with Crippen LogP contribution in [0.3, 0.4) is 0 Å². The Morgan fingerprint density at radius 2 is 0.890 bits per heavy atom. The Labute approximate surface area is 537 Å². The highest BCUT2D eigenvalue weighted by molar-refractivity contribution is 7.99. The molecule has 8 atom stereocenters. The fraction of sp³-hybridized carbons (Fsp3) is 0.328. The number of carbonyl (C=O) groups excluding carboxylic acids is 7. The third kappa shape index (κ3) is 15.2. The highest BCUT2D eigenvalue weighted by atomic mass is 32.2. The highest BCUT2D eigenvalue weighted by Gasteiger charge is 2.72. The first-order valence-electron chi connectivity index (χ1n) is 26.9. The molecule has 4 aromatic heterocycles. The van der Waals surface area contributed by atoms with Gasteiger partial charge in [0.05, 0.1) is 34.6 Å². The van der Waals surface area contributed by atoms with Crippen LogP contribution in [0.15, 0.2) is 154 Å². The maximum Gasteiger partial charge on any atom is 0.338 e. The van der Waals surface area contributed by atoms with Gasteiger partial charge in [0, 0.05) is 20.8 Å². The largest absolute Gasteiger partial charge is 0.459 e. The van der Waals surface area contributed by atoms with Crippen molar-refractivity contribution in [3.05, 3.63) is 167 Å². The Morgan fingerprint density at radius 3 is 1.25 bits per heavy atom. The van der Waals surface area contributed by atoms with Crippen molar-refractivity contribution in [3.63, 3.8) is 0 Å². The molecule has 0 aliphatic carbocycles. The molecule has 2 fully saturated rings. The van der Waals surface area contributed by atoms with Crippen LogP contribution in [0.25, 0.3) is 11.3 Å². The van der Waals surface area contributed by atoms with E-state index in [0.717, 1.165) is 20.8 Å². The summed E-state index contributed by atoms with van der Waals surface area (Å²) in [6.45, 7) is 4.54. The summed E-state index contributed by atoms with van der Waals surface area (Å²) in [4.78, 5) is 101. The number of halogens is 2. The molecule has 0 radical (unpaired) electrons. The van der Waals surface area contributed by atoms with Crippen molar-refractivity contribution in [1.29, 1.82) is 0 Å². The minimum atomic E-state index is -2.74. The van der Waals surface area contributed by atoms with E-state index in [2.05, 4.69) is 34.9 Å². The molecule has 0 spiro atoms. The van der Waals surface area contributed by atoms with Crippen molar-refractivity contribution in [2.75, 3.05) is 38.2 Å². The number of alkyl halides is 2. The van der Waals surface area contributed by atoms with Gasteiger partial charge in [0.25, 0.3) is 11.6 Å². The third-order valence-corrected chi connectivity index (χ3v) is 16.0. The molecule has 10 rings (SSSR count). The van der Waals surface area contributed by atoms with Crippen LogP contribution in [-0.4, -0.2) is 160 Å². The molecule has 2 saturated heterocycles. The smallest absolute Gasteiger partial charge is 0.338 e. The summed E-state index contributed by atoms with van der Waals surface area (Å²) < 4.78 is 80.8. The molecular formula is C61H62F2N8O16S4. The number of hydrogen-bond acceptors (Lipinski definition) is 26. The lowest BCUT2D eigenvalue weighted by Gasteiger charge is -2.35. The van der Waals surface area contributed by atoms with E-state index >= 15 is 8.78 Å². The Hall–Kier alpha value is -8.39. The molecule has 6 heterocycles. The van der Waals surface area contributed by atoms with Crippen molar-refractivity contribution >= 4 is 100 Å². The summed E-state index contributed by atoms with van der Waals surface area (Å²) in [6, 6.07) is 32.4. The van der Waals surface area contributed by atoms with E-state index in [4.69, 9.17) is 33.2 Å². The molecular weight excluding hydrogens is 1270 g/mol. The fourth-order valence-corrected chi connectivity index (χ4v) is 11.2. The van der Waals surface area contributed by atoms with Crippen molar-refractivity contribution in [2.24, 2.45) is 0 Å². The molecule has 1 N–H and O–H groups in total. The lowest BCUT2D eigenvalue weighted by Crippen LogP contribution is -2.53. The van der Waals surface area contributed by atoms with Crippen LogP contribution in [0.2, 0.25) is 0 Å².